The zero-order valence-electron chi connectivity index (χ0n) is 11.6. The number of hydrogen-bond acceptors (Lipinski definition) is 4. The van der Waals surface area contributed by atoms with Crippen molar-refractivity contribution in [3.8, 4) is 0 Å². The summed E-state index contributed by atoms with van der Waals surface area (Å²) in [6.07, 6.45) is 6.60. The van der Waals surface area contributed by atoms with Crippen molar-refractivity contribution in [1.82, 2.24) is 0 Å². The molecule has 0 aromatic carbocycles. The minimum atomic E-state index is -3.71. The van der Waals surface area contributed by atoms with Gasteiger partial charge in [0.1, 0.15) is 0 Å². The summed E-state index contributed by atoms with van der Waals surface area (Å²) in [5, 5.41) is 11.5. The zero-order chi connectivity index (χ0) is 14.0. The largest absolute Gasteiger partial charge is 0.411 e. The van der Waals surface area contributed by atoms with Gasteiger partial charge in [-0.3, -0.25) is 4.57 Å². The van der Waals surface area contributed by atoms with Gasteiger partial charge in [0.2, 0.25) is 0 Å². The summed E-state index contributed by atoms with van der Waals surface area (Å²) in [6.45, 7) is 5.47. The minimum absolute atomic E-state index is 0.212. The minimum Gasteiger partial charge on any atom is -0.411 e. The summed E-state index contributed by atoms with van der Waals surface area (Å²) in [4.78, 5) is 9.67. The maximum atomic E-state index is 11.8. The molecule has 5 nitrogen and oxygen atoms in total. The van der Waals surface area contributed by atoms with Crippen LogP contribution in [0.4, 0.5) is 0 Å². The Hall–Kier alpha value is -0.380. The fourth-order valence-electron chi connectivity index (χ4n) is 1.51. The van der Waals surface area contributed by atoms with Gasteiger partial charge >= 0.3 is 7.60 Å². The first-order chi connectivity index (χ1) is 8.45. The Labute approximate surface area is 110 Å². The van der Waals surface area contributed by atoms with Crippen LogP contribution in [0.5, 0.6) is 0 Å². The van der Waals surface area contributed by atoms with Gasteiger partial charge < -0.3 is 14.6 Å². The highest BCUT2D eigenvalue weighted by molar-refractivity contribution is 7.54. The van der Waals surface area contributed by atoms with Crippen molar-refractivity contribution in [3.63, 3.8) is 0 Å². The molecular formula is C12H26NO4P. The van der Waals surface area contributed by atoms with Crippen LogP contribution in [-0.4, -0.2) is 28.1 Å². The Morgan fingerprint density at radius 3 is 2.39 bits per heavy atom. The van der Waals surface area contributed by atoms with Crippen LogP contribution in [0.15, 0.2) is 5.16 Å². The van der Waals surface area contributed by atoms with Gasteiger partial charge in [0.15, 0.2) is 0 Å². The SMILES string of the molecule is CCCCCCCCOP(=O)(O)C(C)C(C)=NO. The molecule has 0 aliphatic rings. The Balaban J connectivity index is 3.81. The van der Waals surface area contributed by atoms with Crippen molar-refractivity contribution in [2.75, 3.05) is 6.61 Å². The zero-order valence-corrected chi connectivity index (χ0v) is 12.5. The van der Waals surface area contributed by atoms with Crippen molar-refractivity contribution in [2.24, 2.45) is 5.16 Å². The Morgan fingerprint density at radius 2 is 1.83 bits per heavy atom. The Kier molecular flexibility index (Phi) is 9.34. The van der Waals surface area contributed by atoms with Gasteiger partial charge in [-0.15, -0.1) is 0 Å². The number of nitrogens with zero attached hydrogens (tertiary/aromatic N) is 1. The van der Waals surface area contributed by atoms with E-state index in [2.05, 4.69) is 12.1 Å². The fourth-order valence-corrected chi connectivity index (χ4v) is 2.65. The highest BCUT2D eigenvalue weighted by Gasteiger charge is 2.30. The predicted molar refractivity (Wildman–Crippen MR) is 73.5 cm³/mol. The Morgan fingerprint density at radius 1 is 1.28 bits per heavy atom. The van der Waals surface area contributed by atoms with Gasteiger partial charge in [0.05, 0.1) is 18.0 Å². The molecule has 2 unspecified atom stereocenters. The summed E-state index contributed by atoms with van der Waals surface area (Å²) in [5.74, 6) is 0. The summed E-state index contributed by atoms with van der Waals surface area (Å²) in [5.41, 5.74) is -0.550. The molecule has 0 saturated carbocycles. The standard InChI is InChI=1S/C12H26NO4P/c1-4-5-6-7-8-9-10-17-18(15,16)12(3)11(2)13-14/h12,14H,4-10H2,1-3H3,(H,15,16). The third kappa shape index (κ3) is 7.14. The number of unbranched alkanes of at least 4 members (excludes halogenated alkanes) is 5. The third-order valence-electron chi connectivity index (χ3n) is 3.03. The lowest BCUT2D eigenvalue weighted by atomic mass is 10.1. The van der Waals surface area contributed by atoms with Gasteiger partial charge in [-0.2, -0.15) is 0 Å². The molecule has 0 amide bonds. The lowest BCUT2D eigenvalue weighted by molar-refractivity contribution is 0.249. The first-order valence-corrected chi connectivity index (χ1v) is 8.26. The number of oxime groups is 1. The number of hydrogen-bond donors (Lipinski definition) is 2. The van der Waals surface area contributed by atoms with Crippen molar-refractivity contribution in [3.05, 3.63) is 0 Å². The molecule has 0 saturated heterocycles. The Bertz CT molecular complexity index is 294. The monoisotopic (exact) mass is 279 g/mol. The lowest BCUT2D eigenvalue weighted by Gasteiger charge is -2.18. The maximum absolute atomic E-state index is 11.8. The molecule has 2 atom stereocenters. The van der Waals surface area contributed by atoms with Crippen LogP contribution >= 0.6 is 7.60 Å². The second kappa shape index (κ2) is 9.54. The third-order valence-corrected chi connectivity index (χ3v) is 4.93. The van der Waals surface area contributed by atoms with E-state index in [0.717, 1.165) is 19.3 Å². The van der Waals surface area contributed by atoms with Crippen LogP contribution in [0.1, 0.15) is 59.3 Å². The topological polar surface area (TPSA) is 79.1 Å². The normalized spacial score (nSPS) is 17.4. The van der Waals surface area contributed by atoms with Crippen LogP contribution in [0.2, 0.25) is 0 Å². The van der Waals surface area contributed by atoms with Crippen LogP contribution < -0.4 is 0 Å². The van der Waals surface area contributed by atoms with Crippen molar-refractivity contribution >= 4 is 13.3 Å². The molecule has 0 bridgehead atoms. The first kappa shape index (κ1) is 17.6. The van der Waals surface area contributed by atoms with Crippen molar-refractivity contribution < 1.29 is 19.2 Å². The summed E-state index contributed by atoms with van der Waals surface area (Å²) < 4.78 is 16.8. The maximum Gasteiger partial charge on any atom is 0.336 e. The van der Waals surface area contributed by atoms with E-state index in [1.165, 1.54) is 33.1 Å². The molecule has 0 fully saturated rings. The van der Waals surface area contributed by atoms with E-state index in [9.17, 15) is 9.46 Å². The van der Waals surface area contributed by atoms with E-state index < -0.39 is 13.3 Å². The smallest absolute Gasteiger partial charge is 0.336 e. The molecule has 0 rings (SSSR count). The molecule has 18 heavy (non-hydrogen) atoms. The molecule has 0 aromatic heterocycles. The van der Waals surface area contributed by atoms with Gasteiger partial charge in [-0.1, -0.05) is 44.2 Å². The van der Waals surface area contributed by atoms with E-state index >= 15 is 0 Å². The summed E-state index contributed by atoms with van der Waals surface area (Å²) in [6, 6.07) is 0. The molecular weight excluding hydrogens is 253 g/mol. The molecule has 2 N–H and O–H groups in total. The van der Waals surface area contributed by atoms with Crippen molar-refractivity contribution in [2.45, 2.75) is 65.0 Å². The van der Waals surface area contributed by atoms with E-state index in [1.807, 2.05) is 0 Å². The quantitative estimate of drug-likeness (QED) is 0.210. The molecule has 0 aliphatic heterocycles. The van der Waals surface area contributed by atoms with E-state index in [4.69, 9.17) is 9.73 Å². The predicted octanol–water partition coefficient (Wildman–Crippen LogP) is 3.79. The second-order valence-corrected chi connectivity index (χ2v) is 6.74. The van der Waals surface area contributed by atoms with Gasteiger partial charge in [-0.25, -0.2) is 0 Å². The summed E-state index contributed by atoms with van der Waals surface area (Å²) in [7, 11) is -3.71. The molecule has 0 heterocycles. The highest BCUT2D eigenvalue weighted by Crippen LogP contribution is 2.47. The average molecular weight is 279 g/mol. The van der Waals surface area contributed by atoms with Crippen LogP contribution in [-0.2, 0) is 9.09 Å². The van der Waals surface area contributed by atoms with E-state index in [-0.39, 0.29) is 12.3 Å². The number of rotatable bonds is 10. The molecule has 0 radical (unpaired) electrons. The highest BCUT2D eigenvalue weighted by atomic mass is 31.2. The van der Waals surface area contributed by atoms with Crippen molar-refractivity contribution in [1.29, 1.82) is 0 Å². The van der Waals surface area contributed by atoms with E-state index in [1.54, 1.807) is 0 Å². The van der Waals surface area contributed by atoms with Gasteiger partial charge in [-0.05, 0) is 20.3 Å². The second-order valence-electron chi connectivity index (χ2n) is 4.58. The van der Waals surface area contributed by atoms with Gasteiger partial charge in [0.25, 0.3) is 0 Å². The molecule has 6 heteroatoms. The molecule has 0 spiro atoms. The molecule has 0 aromatic rings. The first-order valence-electron chi connectivity index (χ1n) is 6.61. The lowest BCUT2D eigenvalue weighted by Crippen LogP contribution is -2.16. The van der Waals surface area contributed by atoms with Crippen LogP contribution in [0, 0.1) is 0 Å². The van der Waals surface area contributed by atoms with Gasteiger partial charge in [0, 0.05) is 0 Å². The van der Waals surface area contributed by atoms with Crippen LogP contribution in [0.3, 0.4) is 0 Å². The van der Waals surface area contributed by atoms with Crippen LogP contribution in [0.25, 0.3) is 0 Å². The summed E-state index contributed by atoms with van der Waals surface area (Å²) >= 11 is 0. The molecule has 108 valence electrons. The molecule has 0 aliphatic carbocycles. The van der Waals surface area contributed by atoms with E-state index in [0.29, 0.717) is 0 Å². The average Bonchev–Trinajstić information content (AvgIpc) is 2.35. The fraction of sp³-hybridized carbons (Fsp3) is 0.917.